The second kappa shape index (κ2) is 12.0. The minimum absolute atomic E-state index is 0.155. The van der Waals surface area contributed by atoms with Gasteiger partial charge in [0.25, 0.3) is 0 Å². The Hall–Kier alpha value is -2.78. The van der Waals surface area contributed by atoms with Crippen LogP contribution in [0, 0.1) is 20.8 Å². The number of benzene rings is 3. The average molecular weight is 551 g/mol. The fourth-order valence-electron chi connectivity index (χ4n) is 3.98. The monoisotopic (exact) mass is 549 g/mol. The van der Waals surface area contributed by atoms with Gasteiger partial charge in [0.2, 0.25) is 10.0 Å². The molecule has 0 aliphatic carbocycles. The number of urea groups is 1. The summed E-state index contributed by atoms with van der Waals surface area (Å²) in [7, 11) is -2.14. The number of amides is 2. The maximum absolute atomic E-state index is 13.2. The summed E-state index contributed by atoms with van der Waals surface area (Å²) in [6.07, 6.45) is 0.379. The molecule has 0 radical (unpaired) electrons. The first-order valence-corrected chi connectivity index (χ1v) is 13.5. The molecular weight excluding hydrogens is 521 g/mol. The highest BCUT2D eigenvalue weighted by Gasteiger charge is 2.21. The Morgan fingerprint density at radius 1 is 0.944 bits per heavy atom. The molecule has 0 bridgehead atoms. The summed E-state index contributed by atoms with van der Waals surface area (Å²) in [5.74, 6) is 0.653. The van der Waals surface area contributed by atoms with Crippen LogP contribution in [0.1, 0.15) is 23.1 Å². The van der Waals surface area contributed by atoms with Crippen molar-refractivity contribution in [1.29, 1.82) is 0 Å². The summed E-state index contributed by atoms with van der Waals surface area (Å²) in [6.45, 7) is 5.91. The molecule has 3 aromatic rings. The molecule has 0 atom stereocenters. The zero-order valence-corrected chi connectivity index (χ0v) is 22.9. The van der Waals surface area contributed by atoms with E-state index in [9.17, 15) is 13.2 Å². The Bertz CT molecular complexity index is 1320. The van der Waals surface area contributed by atoms with Crippen molar-refractivity contribution in [2.24, 2.45) is 0 Å². The molecule has 0 saturated heterocycles. The van der Waals surface area contributed by atoms with Gasteiger partial charge in [0, 0.05) is 24.5 Å². The summed E-state index contributed by atoms with van der Waals surface area (Å²) < 4.78 is 33.8. The Morgan fingerprint density at radius 2 is 1.58 bits per heavy atom. The number of anilines is 2. The zero-order chi connectivity index (χ0) is 26.5. The first kappa shape index (κ1) is 27.8. The van der Waals surface area contributed by atoms with Gasteiger partial charge in [0.1, 0.15) is 5.75 Å². The summed E-state index contributed by atoms with van der Waals surface area (Å²) in [4.78, 5) is 15.0. The van der Waals surface area contributed by atoms with Gasteiger partial charge < -0.3 is 10.1 Å². The van der Waals surface area contributed by atoms with Crippen LogP contribution in [0.15, 0.2) is 59.5 Å². The van der Waals surface area contributed by atoms with Crippen LogP contribution in [0.3, 0.4) is 0 Å². The van der Waals surface area contributed by atoms with Crippen LogP contribution in [0.4, 0.5) is 16.2 Å². The Balaban J connectivity index is 1.73. The third-order valence-electron chi connectivity index (χ3n) is 5.52. The van der Waals surface area contributed by atoms with E-state index in [1.807, 2.05) is 19.1 Å². The molecule has 0 heterocycles. The van der Waals surface area contributed by atoms with Gasteiger partial charge in [0.05, 0.1) is 22.1 Å². The SMILES string of the molecule is COc1ccc(N(CCCNS(=O)(=O)c2c(C)cc(C)cc2C)C(=O)Nc2ccc(Cl)c(Cl)c2)cc1. The van der Waals surface area contributed by atoms with Crippen LogP contribution in [-0.4, -0.2) is 34.6 Å². The largest absolute Gasteiger partial charge is 0.497 e. The molecule has 2 N–H and O–H groups in total. The number of nitrogens with zero attached hydrogens (tertiary/aromatic N) is 1. The lowest BCUT2D eigenvalue weighted by atomic mass is 10.1. The third-order valence-corrected chi connectivity index (χ3v) is 8.03. The molecule has 3 rings (SSSR count). The fourth-order valence-corrected chi connectivity index (χ4v) is 5.80. The van der Waals surface area contributed by atoms with E-state index in [2.05, 4.69) is 10.0 Å². The van der Waals surface area contributed by atoms with Crippen LogP contribution < -0.4 is 19.7 Å². The highest BCUT2D eigenvalue weighted by Crippen LogP contribution is 2.26. The minimum atomic E-state index is -3.70. The van der Waals surface area contributed by atoms with Crippen LogP contribution >= 0.6 is 23.2 Å². The molecule has 3 aromatic carbocycles. The number of carbonyl (C=O) groups is 1. The van der Waals surface area contributed by atoms with Crippen molar-refractivity contribution in [3.63, 3.8) is 0 Å². The first-order chi connectivity index (χ1) is 17.0. The molecule has 0 unspecified atom stereocenters. The third kappa shape index (κ3) is 6.91. The Kier molecular flexibility index (Phi) is 9.24. The number of hydrogen-bond donors (Lipinski definition) is 2. The van der Waals surface area contributed by atoms with E-state index in [1.54, 1.807) is 63.4 Å². The second-order valence-electron chi connectivity index (χ2n) is 8.39. The molecule has 0 aliphatic rings. The number of nitrogens with one attached hydrogen (secondary N) is 2. The van der Waals surface area contributed by atoms with Gasteiger partial charge in [-0.3, -0.25) is 4.90 Å². The molecule has 0 aliphatic heterocycles. The number of carbonyl (C=O) groups excluding carboxylic acids is 1. The highest BCUT2D eigenvalue weighted by molar-refractivity contribution is 7.89. The lowest BCUT2D eigenvalue weighted by molar-refractivity contribution is 0.257. The van der Waals surface area contributed by atoms with Crippen LogP contribution in [0.25, 0.3) is 0 Å². The van der Waals surface area contributed by atoms with E-state index in [-0.39, 0.29) is 18.0 Å². The van der Waals surface area contributed by atoms with Gasteiger partial charge >= 0.3 is 6.03 Å². The molecule has 0 spiro atoms. The summed E-state index contributed by atoms with van der Waals surface area (Å²) in [5, 5.41) is 3.52. The first-order valence-electron chi connectivity index (χ1n) is 11.3. The molecule has 0 saturated carbocycles. The lowest BCUT2D eigenvalue weighted by Crippen LogP contribution is -2.37. The van der Waals surface area contributed by atoms with Crippen molar-refractivity contribution < 1.29 is 17.9 Å². The number of aryl methyl sites for hydroxylation is 3. The smallest absolute Gasteiger partial charge is 0.326 e. The van der Waals surface area contributed by atoms with E-state index in [0.29, 0.717) is 44.7 Å². The van der Waals surface area contributed by atoms with E-state index >= 15 is 0 Å². The molecule has 10 heteroatoms. The highest BCUT2D eigenvalue weighted by atomic mass is 35.5. The quantitative estimate of drug-likeness (QED) is 0.305. The van der Waals surface area contributed by atoms with Gasteiger partial charge in [-0.1, -0.05) is 40.9 Å². The molecule has 192 valence electrons. The van der Waals surface area contributed by atoms with Gasteiger partial charge in [0.15, 0.2) is 0 Å². The second-order valence-corrected chi connectivity index (χ2v) is 10.9. The average Bonchev–Trinajstić information content (AvgIpc) is 2.80. The van der Waals surface area contributed by atoms with Gasteiger partial charge in [-0.25, -0.2) is 17.9 Å². The Morgan fingerprint density at radius 3 is 2.17 bits per heavy atom. The lowest BCUT2D eigenvalue weighted by Gasteiger charge is -2.24. The summed E-state index contributed by atoms with van der Waals surface area (Å²) >= 11 is 12.1. The number of methoxy groups -OCH3 is 1. The van der Waals surface area contributed by atoms with Crippen LogP contribution in [0.5, 0.6) is 5.75 Å². The number of hydrogen-bond acceptors (Lipinski definition) is 4. The van der Waals surface area contributed by atoms with Crippen molar-refractivity contribution in [3.05, 3.63) is 81.3 Å². The van der Waals surface area contributed by atoms with Gasteiger partial charge in [-0.2, -0.15) is 0 Å². The number of sulfonamides is 1. The molecule has 0 fully saturated rings. The predicted octanol–water partition coefficient (Wildman–Crippen LogP) is 6.33. The van der Waals surface area contributed by atoms with Crippen molar-refractivity contribution in [3.8, 4) is 5.75 Å². The number of halogens is 2. The van der Waals surface area contributed by atoms with Crippen molar-refractivity contribution in [2.45, 2.75) is 32.1 Å². The molecule has 0 aromatic heterocycles. The zero-order valence-electron chi connectivity index (χ0n) is 20.6. The van der Waals surface area contributed by atoms with Gasteiger partial charge in [-0.15, -0.1) is 0 Å². The van der Waals surface area contributed by atoms with Crippen molar-refractivity contribution in [2.75, 3.05) is 30.4 Å². The van der Waals surface area contributed by atoms with E-state index in [0.717, 1.165) is 5.56 Å². The van der Waals surface area contributed by atoms with Crippen molar-refractivity contribution in [1.82, 2.24) is 4.72 Å². The summed E-state index contributed by atoms with van der Waals surface area (Å²) in [6, 6.07) is 15.1. The molecule has 36 heavy (non-hydrogen) atoms. The topological polar surface area (TPSA) is 87.7 Å². The fraction of sp³-hybridized carbons (Fsp3) is 0.269. The number of rotatable bonds is 9. The maximum Gasteiger partial charge on any atom is 0.326 e. The molecular formula is C26H29Cl2N3O4S. The predicted molar refractivity (Wildman–Crippen MR) is 146 cm³/mol. The van der Waals surface area contributed by atoms with Gasteiger partial charge in [-0.05, 0) is 80.8 Å². The number of ether oxygens (including phenoxy) is 1. The normalized spacial score (nSPS) is 11.3. The van der Waals surface area contributed by atoms with Crippen LogP contribution in [-0.2, 0) is 10.0 Å². The minimum Gasteiger partial charge on any atom is -0.497 e. The Labute approximate surface area is 222 Å². The van der Waals surface area contributed by atoms with E-state index in [4.69, 9.17) is 27.9 Å². The van der Waals surface area contributed by atoms with E-state index in [1.165, 1.54) is 4.90 Å². The van der Waals surface area contributed by atoms with Crippen molar-refractivity contribution >= 4 is 50.6 Å². The molecule has 2 amide bonds. The molecule has 7 nitrogen and oxygen atoms in total. The summed E-state index contributed by atoms with van der Waals surface area (Å²) in [5.41, 5.74) is 3.51. The maximum atomic E-state index is 13.2. The standard InChI is InChI=1S/C26H29Cl2N3O4S/c1-17-14-18(2)25(19(3)15-17)36(33,34)29-12-5-13-31(21-7-9-22(35-4)10-8-21)26(32)30-20-6-11-23(27)24(28)16-20/h6-11,14-16,29H,5,12-13H2,1-4H3,(H,30,32). The van der Waals surface area contributed by atoms with Crippen LogP contribution in [0.2, 0.25) is 10.0 Å². The van der Waals surface area contributed by atoms with E-state index < -0.39 is 16.1 Å².